The van der Waals surface area contributed by atoms with Crippen molar-refractivity contribution in [2.45, 2.75) is 18.9 Å². The highest BCUT2D eigenvalue weighted by atomic mass is 19.2. The molecule has 0 saturated heterocycles. The van der Waals surface area contributed by atoms with Crippen LogP contribution in [0, 0.1) is 11.6 Å². The minimum absolute atomic E-state index is 0.120. The molecule has 0 bridgehead atoms. The Morgan fingerprint density at radius 2 is 1.73 bits per heavy atom. The summed E-state index contributed by atoms with van der Waals surface area (Å²) >= 11 is 0. The number of aryl methyl sites for hydroxylation is 1. The second-order valence-electron chi connectivity index (χ2n) is 6.16. The maximum Gasteiger partial charge on any atom is 0.220 e. The number of halogens is 2. The molecule has 0 aliphatic rings. The van der Waals surface area contributed by atoms with Gasteiger partial charge in [0.05, 0.1) is 12.6 Å². The zero-order valence-electron chi connectivity index (χ0n) is 14.1. The molecule has 0 aromatic heterocycles. The van der Waals surface area contributed by atoms with Crippen molar-refractivity contribution in [3.05, 3.63) is 83.4 Å². The van der Waals surface area contributed by atoms with Crippen molar-refractivity contribution in [1.82, 2.24) is 5.32 Å². The number of aliphatic hydroxyl groups is 1. The molecule has 0 radical (unpaired) electrons. The van der Waals surface area contributed by atoms with E-state index in [4.69, 9.17) is 0 Å². The van der Waals surface area contributed by atoms with E-state index < -0.39 is 17.7 Å². The number of carbonyl (C=O) groups is 1. The van der Waals surface area contributed by atoms with E-state index in [0.29, 0.717) is 12.0 Å². The lowest BCUT2D eigenvalue weighted by Crippen LogP contribution is -2.30. The summed E-state index contributed by atoms with van der Waals surface area (Å²) in [6.07, 6.45) is 0.411. The van der Waals surface area contributed by atoms with Gasteiger partial charge in [-0.15, -0.1) is 0 Å². The molecule has 2 N–H and O–H groups in total. The third-order valence-electron chi connectivity index (χ3n) is 4.32. The van der Waals surface area contributed by atoms with Crippen LogP contribution in [0.15, 0.2) is 60.7 Å². The summed E-state index contributed by atoms with van der Waals surface area (Å²) in [6, 6.07) is 16.7. The highest BCUT2D eigenvalue weighted by molar-refractivity contribution is 5.83. The zero-order chi connectivity index (χ0) is 18.5. The van der Waals surface area contributed by atoms with Crippen LogP contribution in [0.5, 0.6) is 0 Å². The molecule has 3 aromatic rings. The summed E-state index contributed by atoms with van der Waals surface area (Å²) in [5.41, 5.74) is 1.36. The smallest absolute Gasteiger partial charge is 0.220 e. The highest BCUT2D eigenvalue weighted by Crippen LogP contribution is 2.20. The van der Waals surface area contributed by atoms with Gasteiger partial charge in [-0.05, 0) is 46.5 Å². The van der Waals surface area contributed by atoms with Gasteiger partial charge >= 0.3 is 0 Å². The monoisotopic (exact) mass is 355 g/mol. The van der Waals surface area contributed by atoms with Gasteiger partial charge in [-0.1, -0.05) is 42.5 Å². The van der Waals surface area contributed by atoms with Crippen LogP contribution >= 0.6 is 0 Å². The van der Waals surface area contributed by atoms with E-state index in [1.54, 1.807) is 0 Å². The molecule has 5 heteroatoms. The lowest BCUT2D eigenvalue weighted by atomic mass is 10.0. The summed E-state index contributed by atoms with van der Waals surface area (Å²) in [5, 5.41) is 14.5. The molecule has 0 unspecified atom stereocenters. The Balaban J connectivity index is 1.64. The number of benzene rings is 3. The maximum absolute atomic E-state index is 13.2. The van der Waals surface area contributed by atoms with E-state index in [0.717, 1.165) is 28.5 Å². The van der Waals surface area contributed by atoms with Gasteiger partial charge in [-0.3, -0.25) is 4.79 Å². The largest absolute Gasteiger partial charge is 0.394 e. The van der Waals surface area contributed by atoms with Gasteiger partial charge in [0, 0.05) is 6.42 Å². The standard InChI is InChI=1S/C21H19F2NO2/c22-18-9-5-14(11-19(18)23)6-10-21(26)24-20(13-25)17-8-7-15-3-1-2-4-16(15)12-17/h1-5,7-9,11-12,20,25H,6,10,13H2,(H,24,26)/t20-/m0/s1. The molecule has 0 spiro atoms. The topological polar surface area (TPSA) is 49.3 Å². The minimum atomic E-state index is -0.924. The first kappa shape index (κ1) is 18.0. The van der Waals surface area contributed by atoms with Gasteiger partial charge in [0.1, 0.15) is 0 Å². The zero-order valence-corrected chi connectivity index (χ0v) is 14.1. The average molecular weight is 355 g/mol. The number of nitrogens with one attached hydrogen (secondary N) is 1. The van der Waals surface area contributed by atoms with Crippen LogP contribution in [0.4, 0.5) is 8.78 Å². The quantitative estimate of drug-likeness (QED) is 0.705. The first-order chi connectivity index (χ1) is 12.6. The number of hydrogen-bond donors (Lipinski definition) is 2. The van der Waals surface area contributed by atoms with E-state index in [2.05, 4.69) is 5.32 Å². The Bertz CT molecular complexity index is 927. The summed E-state index contributed by atoms with van der Waals surface area (Å²) in [5.74, 6) is -2.09. The molecule has 0 heterocycles. The number of carbonyl (C=O) groups excluding carboxylic acids is 1. The lowest BCUT2D eigenvalue weighted by molar-refractivity contribution is -0.122. The van der Waals surface area contributed by atoms with Gasteiger partial charge in [-0.2, -0.15) is 0 Å². The molecule has 0 aliphatic heterocycles. The van der Waals surface area contributed by atoms with Crippen molar-refractivity contribution in [3.63, 3.8) is 0 Å². The predicted molar refractivity (Wildman–Crippen MR) is 96.6 cm³/mol. The Kier molecular flexibility index (Phi) is 5.58. The fraction of sp³-hybridized carbons (Fsp3) is 0.190. The maximum atomic E-state index is 13.2. The van der Waals surface area contributed by atoms with E-state index in [1.165, 1.54) is 6.07 Å². The average Bonchev–Trinajstić information content (AvgIpc) is 2.66. The Morgan fingerprint density at radius 1 is 0.962 bits per heavy atom. The van der Waals surface area contributed by atoms with E-state index in [9.17, 15) is 18.7 Å². The van der Waals surface area contributed by atoms with Gasteiger partial charge < -0.3 is 10.4 Å². The number of hydrogen-bond acceptors (Lipinski definition) is 2. The van der Waals surface area contributed by atoms with Gasteiger partial charge in [0.15, 0.2) is 11.6 Å². The van der Waals surface area contributed by atoms with Crippen molar-refractivity contribution in [3.8, 4) is 0 Å². The predicted octanol–water partition coefficient (Wildman–Crippen LogP) is 3.90. The number of rotatable bonds is 6. The van der Waals surface area contributed by atoms with Crippen LogP contribution in [0.1, 0.15) is 23.6 Å². The second kappa shape index (κ2) is 8.06. The number of aliphatic hydroxyl groups excluding tert-OH is 1. The molecule has 1 amide bonds. The highest BCUT2D eigenvalue weighted by Gasteiger charge is 2.14. The van der Waals surface area contributed by atoms with Crippen LogP contribution in [-0.2, 0) is 11.2 Å². The Labute approximate surface area is 150 Å². The summed E-state index contributed by atoms with van der Waals surface area (Å²) in [6.45, 7) is -0.227. The molecule has 0 aliphatic carbocycles. The number of fused-ring (bicyclic) bond motifs is 1. The molecule has 1 atom stereocenters. The van der Waals surface area contributed by atoms with Crippen LogP contribution in [0.2, 0.25) is 0 Å². The van der Waals surface area contributed by atoms with E-state index in [-0.39, 0.29) is 18.9 Å². The Morgan fingerprint density at radius 3 is 2.46 bits per heavy atom. The van der Waals surface area contributed by atoms with E-state index in [1.807, 2.05) is 42.5 Å². The van der Waals surface area contributed by atoms with Crippen molar-refractivity contribution >= 4 is 16.7 Å². The van der Waals surface area contributed by atoms with Crippen molar-refractivity contribution < 1.29 is 18.7 Å². The SMILES string of the molecule is O=C(CCc1ccc(F)c(F)c1)N[C@@H](CO)c1ccc2ccccc2c1. The second-order valence-corrected chi connectivity index (χ2v) is 6.16. The molecule has 26 heavy (non-hydrogen) atoms. The van der Waals surface area contributed by atoms with Crippen molar-refractivity contribution in [1.29, 1.82) is 0 Å². The third-order valence-corrected chi connectivity index (χ3v) is 4.32. The molecule has 3 nitrogen and oxygen atoms in total. The van der Waals surface area contributed by atoms with Gasteiger partial charge in [-0.25, -0.2) is 8.78 Å². The van der Waals surface area contributed by atoms with Gasteiger partial charge in [0.25, 0.3) is 0 Å². The molecule has 0 fully saturated rings. The molecule has 134 valence electrons. The van der Waals surface area contributed by atoms with E-state index >= 15 is 0 Å². The van der Waals surface area contributed by atoms with Crippen LogP contribution in [0.25, 0.3) is 10.8 Å². The molecular formula is C21H19F2NO2. The van der Waals surface area contributed by atoms with Crippen LogP contribution < -0.4 is 5.32 Å². The molecular weight excluding hydrogens is 336 g/mol. The normalized spacial score (nSPS) is 12.1. The summed E-state index contributed by atoms with van der Waals surface area (Å²) < 4.78 is 26.1. The lowest BCUT2D eigenvalue weighted by Gasteiger charge is -2.17. The third kappa shape index (κ3) is 4.24. The summed E-state index contributed by atoms with van der Waals surface area (Å²) in [4.78, 5) is 12.2. The number of amides is 1. The molecule has 0 saturated carbocycles. The van der Waals surface area contributed by atoms with Crippen LogP contribution in [-0.4, -0.2) is 17.6 Å². The van der Waals surface area contributed by atoms with Crippen molar-refractivity contribution in [2.75, 3.05) is 6.61 Å². The van der Waals surface area contributed by atoms with Crippen LogP contribution in [0.3, 0.4) is 0 Å². The first-order valence-electron chi connectivity index (χ1n) is 8.39. The first-order valence-corrected chi connectivity index (χ1v) is 8.39. The minimum Gasteiger partial charge on any atom is -0.394 e. The summed E-state index contributed by atoms with van der Waals surface area (Å²) in [7, 11) is 0. The van der Waals surface area contributed by atoms with Crippen molar-refractivity contribution in [2.24, 2.45) is 0 Å². The Hall–Kier alpha value is -2.79. The fourth-order valence-electron chi connectivity index (χ4n) is 2.88. The molecule has 3 rings (SSSR count). The van der Waals surface area contributed by atoms with Gasteiger partial charge in [0.2, 0.25) is 5.91 Å². The molecule has 3 aromatic carbocycles. The fourth-order valence-corrected chi connectivity index (χ4v) is 2.88.